The summed E-state index contributed by atoms with van der Waals surface area (Å²) < 4.78 is 5.58. The Labute approximate surface area is 192 Å². The van der Waals surface area contributed by atoms with Gasteiger partial charge < -0.3 is 25.1 Å². The Morgan fingerprint density at radius 2 is 1.81 bits per heavy atom. The zero-order valence-corrected chi connectivity index (χ0v) is 19.8. The van der Waals surface area contributed by atoms with E-state index >= 15 is 0 Å². The third kappa shape index (κ3) is 7.28. The second-order valence-electron chi connectivity index (χ2n) is 8.68. The molecule has 0 spiro atoms. The fraction of sp³-hybridized carbons (Fsp3) is 0.560. The predicted octanol–water partition coefficient (Wildman–Crippen LogP) is 2.95. The van der Waals surface area contributed by atoms with E-state index in [1.165, 1.54) is 5.69 Å². The summed E-state index contributed by atoms with van der Waals surface area (Å²) in [5.74, 6) is 2.06. The molecule has 2 heterocycles. The maximum atomic E-state index is 10.7. The van der Waals surface area contributed by atoms with Gasteiger partial charge in [-0.05, 0) is 64.4 Å². The molecule has 3 rings (SSSR count). The van der Waals surface area contributed by atoms with Crippen molar-refractivity contribution in [1.82, 2.24) is 15.5 Å². The summed E-state index contributed by atoms with van der Waals surface area (Å²) >= 11 is 0. The molecule has 7 heteroatoms. The van der Waals surface area contributed by atoms with Gasteiger partial charge >= 0.3 is 0 Å². The van der Waals surface area contributed by atoms with Crippen LogP contribution < -0.4 is 15.5 Å². The Kier molecular flexibility index (Phi) is 9.00. The number of hydrogen-bond donors (Lipinski definition) is 3. The van der Waals surface area contributed by atoms with E-state index in [-0.39, 0.29) is 6.54 Å². The van der Waals surface area contributed by atoms with Crippen molar-refractivity contribution < 1.29 is 9.52 Å². The van der Waals surface area contributed by atoms with Crippen molar-refractivity contribution >= 4 is 11.6 Å². The van der Waals surface area contributed by atoms with E-state index in [1.807, 2.05) is 26.0 Å². The lowest BCUT2D eigenvalue weighted by Crippen LogP contribution is -2.46. The highest BCUT2D eigenvalue weighted by Gasteiger charge is 2.26. The Balaban J connectivity index is 1.35. The van der Waals surface area contributed by atoms with E-state index in [9.17, 15) is 5.11 Å². The van der Waals surface area contributed by atoms with E-state index in [0.29, 0.717) is 5.76 Å². The minimum atomic E-state index is -1.13. The lowest BCUT2D eigenvalue weighted by Gasteiger charge is -2.36. The molecule has 0 aliphatic carbocycles. The smallest absolute Gasteiger partial charge is 0.191 e. The van der Waals surface area contributed by atoms with Crippen LogP contribution in [0.3, 0.4) is 0 Å². The van der Waals surface area contributed by atoms with Crippen LogP contribution in [-0.2, 0) is 5.60 Å². The van der Waals surface area contributed by atoms with Gasteiger partial charge in [-0.1, -0.05) is 18.2 Å². The number of para-hydroxylation sites is 1. The van der Waals surface area contributed by atoms with Crippen LogP contribution in [0.15, 0.2) is 51.9 Å². The number of anilines is 1. The minimum Gasteiger partial charge on any atom is -0.463 e. The molecule has 2 aromatic rings. The van der Waals surface area contributed by atoms with Crippen LogP contribution in [-0.4, -0.2) is 68.3 Å². The number of aliphatic imine (C=N–C) groups is 1. The number of furan rings is 1. The molecule has 1 saturated heterocycles. The van der Waals surface area contributed by atoms with Crippen molar-refractivity contribution in [1.29, 1.82) is 0 Å². The number of piperazine rings is 1. The van der Waals surface area contributed by atoms with Crippen LogP contribution in [0.2, 0.25) is 0 Å². The second-order valence-corrected chi connectivity index (χ2v) is 8.68. The molecular weight excluding hydrogens is 402 g/mol. The first-order valence-corrected chi connectivity index (χ1v) is 11.8. The zero-order chi connectivity index (χ0) is 22.8. The van der Waals surface area contributed by atoms with Crippen molar-refractivity contribution in [2.45, 2.75) is 39.2 Å². The maximum absolute atomic E-state index is 10.7. The first-order valence-electron chi connectivity index (χ1n) is 11.8. The first-order chi connectivity index (χ1) is 15.5. The molecule has 32 heavy (non-hydrogen) atoms. The molecule has 1 atom stereocenters. The summed E-state index contributed by atoms with van der Waals surface area (Å²) in [4.78, 5) is 9.59. The Bertz CT molecular complexity index is 826. The number of rotatable bonds is 10. The average molecular weight is 442 g/mol. The molecule has 176 valence electrons. The van der Waals surface area contributed by atoms with Gasteiger partial charge in [0.05, 0.1) is 6.54 Å². The number of unbranched alkanes of at least 4 members (excludes halogenated alkanes) is 1. The lowest BCUT2D eigenvalue weighted by molar-refractivity contribution is 0.0428. The molecule has 1 fully saturated rings. The molecule has 1 unspecified atom stereocenters. The topological polar surface area (TPSA) is 76.3 Å². The molecule has 0 radical (unpaired) electrons. The van der Waals surface area contributed by atoms with Gasteiger partial charge in [0.15, 0.2) is 5.96 Å². The van der Waals surface area contributed by atoms with Crippen molar-refractivity contribution in [3.8, 4) is 0 Å². The number of nitrogens with one attached hydrogen (secondary N) is 2. The van der Waals surface area contributed by atoms with Crippen molar-refractivity contribution in [2.75, 3.05) is 57.3 Å². The largest absolute Gasteiger partial charge is 0.463 e. The van der Waals surface area contributed by atoms with Crippen LogP contribution in [0.1, 0.15) is 38.2 Å². The number of guanidine groups is 1. The molecule has 3 N–H and O–H groups in total. The normalized spacial score (nSPS) is 17.2. The average Bonchev–Trinajstić information content (AvgIpc) is 3.25. The number of hydrogen-bond acceptors (Lipinski definition) is 5. The third-order valence-corrected chi connectivity index (χ3v) is 5.85. The van der Waals surface area contributed by atoms with E-state index in [2.05, 4.69) is 55.8 Å². The summed E-state index contributed by atoms with van der Waals surface area (Å²) in [7, 11) is 0. The van der Waals surface area contributed by atoms with E-state index < -0.39 is 5.60 Å². The summed E-state index contributed by atoms with van der Waals surface area (Å²) in [6.45, 7) is 13.1. The van der Waals surface area contributed by atoms with Crippen LogP contribution in [0, 0.1) is 6.92 Å². The van der Waals surface area contributed by atoms with Crippen LogP contribution in [0.4, 0.5) is 5.69 Å². The van der Waals surface area contributed by atoms with Gasteiger partial charge in [-0.15, -0.1) is 0 Å². The van der Waals surface area contributed by atoms with E-state index in [1.54, 1.807) is 6.92 Å². The minimum absolute atomic E-state index is 0.237. The fourth-order valence-corrected chi connectivity index (χ4v) is 3.91. The monoisotopic (exact) mass is 441 g/mol. The molecule has 7 nitrogen and oxygen atoms in total. The molecule has 1 aliphatic heterocycles. The van der Waals surface area contributed by atoms with Crippen molar-refractivity contribution in [3.63, 3.8) is 0 Å². The van der Waals surface area contributed by atoms with Crippen molar-refractivity contribution in [3.05, 3.63) is 54.0 Å². The first kappa shape index (κ1) is 24.1. The second kappa shape index (κ2) is 11.9. The van der Waals surface area contributed by atoms with Crippen LogP contribution >= 0.6 is 0 Å². The summed E-state index contributed by atoms with van der Waals surface area (Å²) in [5.41, 5.74) is 0.200. The number of aryl methyl sites for hydroxylation is 1. The van der Waals surface area contributed by atoms with Gasteiger partial charge in [-0.2, -0.15) is 0 Å². The van der Waals surface area contributed by atoms with Gasteiger partial charge in [0.25, 0.3) is 0 Å². The highest BCUT2D eigenvalue weighted by atomic mass is 16.4. The molecule has 1 aliphatic rings. The van der Waals surface area contributed by atoms with Crippen molar-refractivity contribution in [2.24, 2.45) is 4.99 Å². The standard InChI is InChI=1S/C25H39N5O2/c1-4-26-24(28-20-25(3,31)23-13-12-21(2)32-23)27-14-8-9-15-29-16-18-30(19-17-29)22-10-6-5-7-11-22/h5-7,10-13,31H,4,8-9,14-20H2,1-3H3,(H2,26,27,28). The zero-order valence-electron chi connectivity index (χ0n) is 19.8. The summed E-state index contributed by atoms with van der Waals surface area (Å²) in [5, 5.41) is 17.3. The SMILES string of the molecule is CCNC(=NCC(C)(O)c1ccc(C)o1)NCCCCN1CCN(c2ccccc2)CC1. The van der Waals surface area contributed by atoms with Gasteiger partial charge in [0, 0.05) is 45.0 Å². The highest BCUT2D eigenvalue weighted by molar-refractivity contribution is 5.79. The molecule has 1 aromatic heterocycles. The molecule has 1 aromatic carbocycles. The molecule has 0 amide bonds. The molecular formula is C25H39N5O2. The summed E-state index contributed by atoms with van der Waals surface area (Å²) in [6.07, 6.45) is 2.23. The van der Waals surface area contributed by atoms with E-state index in [4.69, 9.17) is 4.42 Å². The van der Waals surface area contributed by atoms with Gasteiger partial charge in [0.2, 0.25) is 0 Å². The number of nitrogens with zero attached hydrogens (tertiary/aromatic N) is 3. The fourth-order valence-electron chi connectivity index (χ4n) is 3.91. The van der Waals surface area contributed by atoms with Crippen LogP contribution in [0.5, 0.6) is 0 Å². The Hall–Kier alpha value is -2.51. The van der Waals surface area contributed by atoms with Gasteiger partial charge in [0.1, 0.15) is 17.1 Å². The number of aliphatic hydroxyl groups is 1. The Morgan fingerprint density at radius 1 is 1.06 bits per heavy atom. The van der Waals surface area contributed by atoms with E-state index in [0.717, 1.165) is 70.4 Å². The summed E-state index contributed by atoms with van der Waals surface area (Å²) in [6, 6.07) is 14.3. The third-order valence-electron chi connectivity index (χ3n) is 5.85. The lowest BCUT2D eigenvalue weighted by atomic mass is 10.0. The van der Waals surface area contributed by atoms with Crippen LogP contribution in [0.25, 0.3) is 0 Å². The molecule has 0 saturated carbocycles. The van der Waals surface area contributed by atoms with Gasteiger partial charge in [-0.25, -0.2) is 4.99 Å². The maximum Gasteiger partial charge on any atom is 0.191 e. The quantitative estimate of drug-likeness (QED) is 0.299. The molecule has 0 bridgehead atoms. The highest BCUT2D eigenvalue weighted by Crippen LogP contribution is 2.23. The predicted molar refractivity (Wildman–Crippen MR) is 131 cm³/mol. The Morgan fingerprint density at radius 3 is 2.47 bits per heavy atom. The van der Waals surface area contributed by atoms with Gasteiger partial charge in [-0.3, -0.25) is 4.90 Å². The number of benzene rings is 1.